The summed E-state index contributed by atoms with van der Waals surface area (Å²) in [4.78, 5) is 55.2. The van der Waals surface area contributed by atoms with Gasteiger partial charge in [0.05, 0.1) is 35.0 Å². The third kappa shape index (κ3) is 5.35. The first kappa shape index (κ1) is 30.2. The molecule has 1 saturated heterocycles. The zero-order valence-electron chi connectivity index (χ0n) is 22.6. The smallest absolute Gasteiger partial charge is 0.418 e. The Hall–Kier alpha value is -3.88. The number of hydrogen-bond acceptors (Lipinski definition) is 7. The Morgan fingerprint density at radius 1 is 0.977 bits per heavy atom. The van der Waals surface area contributed by atoms with E-state index in [1.165, 1.54) is 19.2 Å². The summed E-state index contributed by atoms with van der Waals surface area (Å²) in [5.74, 6) is -2.73. The van der Waals surface area contributed by atoms with Crippen molar-refractivity contribution in [2.24, 2.45) is 5.92 Å². The minimum absolute atomic E-state index is 0.325. The number of benzene rings is 3. The van der Waals surface area contributed by atoms with E-state index in [0.717, 1.165) is 49.2 Å². The summed E-state index contributed by atoms with van der Waals surface area (Å²) in [6.45, 7) is -0.585. The van der Waals surface area contributed by atoms with Crippen molar-refractivity contribution in [3.8, 4) is 5.75 Å². The Kier molecular flexibility index (Phi) is 7.92. The van der Waals surface area contributed by atoms with Crippen molar-refractivity contribution in [3.63, 3.8) is 0 Å². The molecule has 0 bridgehead atoms. The summed E-state index contributed by atoms with van der Waals surface area (Å²) in [6.07, 6.45) is -4.70. The molecule has 6 rings (SSSR count). The van der Waals surface area contributed by atoms with Crippen LogP contribution < -0.4 is 19.8 Å². The molecule has 14 heteroatoms. The van der Waals surface area contributed by atoms with Gasteiger partial charge in [0.1, 0.15) is 17.5 Å². The minimum atomic E-state index is -4.70. The Labute approximate surface area is 265 Å². The van der Waals surface area contributed by atoms with Gasteiger partial charge in [-0.2, -0.15) is 13.2 Å². The molecule has 1 fully saturated rings. The standard InChI is InChI=1S/C30H21BrF3N3O5S2/c1-42-18-12-10-17(11-13-18)37-26(39)23-22(15-6-8-16(31)9-7-15)25-28(43-24(23)27(37)40)36(29(41)44-25)14-21(38)35-20-5-3-2-4-19(20)30(32,33)34/h2-13,22-24H,14H2,1H3,(H,35,38). The van der Waals surface area contributed by atoms with Crippen LogP contribution in [0.1, 0.15) is 21.9 Å². The summed E-state index contributed by atoms with van der Waals surface area (Å²) in [6, 6.07) is 18.2. The number of amides is 3. The van der Waals surface area contributed by atoms with Crippen molar-refractivity contribution in [2.75, 3.05) is 17.3 Å². The predicted molar refractivity (Wildman–Crippen MR) is 163 cm³/mol. The van der Waals surface area contributed by atoms with Crippen LogP contribution in [0.3, 0.4) is 0 Å². The van der Waals surface area contributed by atoms with Gasteiger partial charge in [-0.1, -0.05) is 63.3 Å². The van der Waals surface area contributed by atoms with Crippen molar-refractivity contribution in [1.82, 2.24) is 4.57 Å². The number of alkyl halides is 3. The number of ether oxygens (including phenoxy) is 1. The topological polar surface area (TPSA) is 97.7 Å². The molecule has 3 atom stereocenters. The van der Waals surface area contributed by atoms with Crippen LogP contribution in [0.5, 0.6) is 5.75 Å². The molecule has 2 aliphatic rings. The van der Waals surface area contributed by atoms with Crippen LogP contribution in [0.4, 0.5) is 24.5 Å². The second-order valence-corrected chi connectivity index (χ2v) is 13.1. The molecule has 0 saturated carbocycles. The molecular weight excluding hydrogens is 683 g/mol. The van der Waals surface area contributed by atoms with E-state index in [9.17, 15) is 32.3 Å². The fourth-order valence-electron chi connectivity index (χ4n) is 5.44. The maximum atomic E-state index is 14.0. The van der Waals surface area contributed by atoms with E-state index < -0.39 is 63.7 Å². The number of para-hydroxylation sites is 1. The highest BCUT2D eigenvalue weighted by Crippen LogP contribution is 2.54. The Bertz CT molecular complexity index is 1840. The number of methoxy groups -OCH3 is 1. The maximum Gasteiger partial charge on any atom is 0.418 e. The summed E-state index contributed by atoms with van der Waals surface area (Å²) >= 11 is 5.28. The molecule has 0 spiro atoms. The van der Waals surface area contributed by atoms with Gasteiger partial charge in [0.25, 0.3) is 0 Å². The molecule has 2 aliphatic heterocycles. The Morgan fingerprint density at radius 2 is 1.66 bits per heavy atom. The summed E-state index contributed by atoms with van der Waals surface area (Å²) in [5, 5.41) is 1.68. The lowest BCUT2D eigenvalue weighted by molar-refractivity contribution is -0.137. The number of carbonyl (C=O) groups excluding carboxylic acids is 3. The largest absolute Gasteiger partial charge is 0.497 e. The van der Waals surface area contributed by atoms with Crippen LogP contribution in [-0.4, -0.2) is 34.6 Å². The molecule has 1 N–H and O–H groups in total. The van der Waals surface area contributed by atoms with Crippen LogP contribution in [0.25, 0.3) is 0 Å². The summed E-state index contributed by atoms with van der Waals surface area (Å²) < 4.78 is 47.6. The number of nitrogens with one attached hydrogen (secondary N) is 1. The number of imide groups is 1. The molecule has 0 radical (unpaired) electrons. The van der Waals surface area contributed by atoms with E-state index in [0.29, 0.717) is 26.9 Å². The number of carbonyl (C=O) groups is 3. The number of aromatic nitrogens is 1. The number of rotatable bonds is 6. The number of fused-ring (bicyclic) bond motifs is 2. The number of thiazole rings is 1. The first-order chi connectivity index (χ1) is 21.0. The molecular formula is C30H21BrF3N3O5S2. The molecule has 4 aromatic rings. The van der Waals surface area contributed by atoms with E-state index in [1.807, 2.05) is 0 Å². The van der Waals surface area contributed by atoms with Crippen molar-refractivity contribution >= 4 is 68.1 Å². The van der Waals surface area contributed by atoms with E-state index in [1.54, 1.807) is 48.5 Å². The summed E-state index contributed by atoms with van der Waals surface area (Å²) in [5.41, 5.74) is -0.392. The molecule has 8 nitrogen and oxygen atoms in total. The lowest BCUT2D eigenvalue weighted by atomic mass is 9.83. The number of nitrogens with zero attached hydrogens (tertiary/aromatic N) is 2. The van der Waals surface area contributed by atoms with Gasteiger partial charge in [-0.3, -0.25) is 23.7 Å². The first-order valence-electron chi connectivity index (χ1n) is 13.1. The van der Waals surface area contributed by atoms with Crippen LogP contribution in [0.15, 0.2) is 87.1 Å². The lowest BCUT2D eigenvalue weighted by Crippen LogP contribution is -2.33. The van der Waals surface area contributed by atoms with E-state index in [4.69, 9.17) is 4.74 Å². The van der Waals surface area contributed by atoms with Gasteiger partial charge >= 0.3 is 11.0 Å². The summed E-state index contributed by atoms with van der Waals surface area (Å²) in [7, 11) is 1.50. The number of thioether (sulfide) groups is 1. The lowest BCUT2D eigenvalue weighted by Gasteiger charge is -2.30. The molecule has 3 unspecified atom stereocenters. The monoisotopic (exact) mass is 703 g/mol. The van der Waals surface area contributed by atoms with Gasteiger partial charge in [0.15, 0.2) is 0 Å². The number of anilines is 2. The van der Waals surface area contributed by atoms with E-state index in [-0.39, 0.29) is 0 Å². The van der Waals surface area contributed by atoms with Gasteiger partial charge < -0.3 is 10.1 Å². The third-order valence-corrected chi connectivity index (χ3v) is 10.5. The average Bonchev–Trinajstić information content (AvgIpc) is 3.43. The Balaban J connectivity index is 1.39. The van der Waals surface area contributed by atoms with Crippen LogP contribution in [0.2, 0.25) is 0 Å². The second kappa shape index (κ2) is 11.6. The van der Waals surface area contributed by atoms with Gasteiger partial charge in [0, 0.05) is 15.3 Å². The fraction of sp³-hybridized carbons (Fsp3) is 0.200. The molecule has 3 heterocycles. The zero-order valence-corrected chi connectivity index (χ0v) is 25.9. The van der Waals surface area contributed by atoms with Crippen LogP contribution >= 0.6 is 39.0 Å². The van der Waals surface area contributed by atoms with Crippen molar-refractivity contribution < 1.29 is 32.3 Å². The minimum Gasteiger partial charge on any atom is -0.497 e. The molecule has 3 aromatic carbocycles. The zero-order chi connectivity index (χ0) is 31.3. The first-order valence-corrected chi connectivity index (χ1v) is 15.6. The highest BCUT2D eigenvalue weighted by atomic mass is 79.9. The van der Waals surface area contributed by atoms with E-state index >= 15 is 0 Å². The number of halogens is 4. The third-order valence-electron chi connectivity index (χ3n) is 7.42. The van der Waals surface area contributed by atoms with Gasteiger partial charge in [-0.25, -0.2) is 4.90 Å². The van der Waals surface area contributed by atoms with Gasteiger partial charge in [0.2, 0.25) is 17.7 Å². The van der Waals surface area contributed by atoms with Crippen molar-refractivity contribution in [3.05, 3.63) is 103 Å². The van der Waals surface area contributed by atoms with Crippen molar-refractivity contribution in [2.45, 2.75) is 28.9 Å². The fourth-order valence-corrected chi connectivity index (χ4v) is 8.48. The predicted octanol–water partition coefficient (Wildman–Crippen LogP) is 6.13. The normalized spacial score (nSPS) is 19.5. The molecule has 3 amide bonds. The molecule has 44 heavy (non-hydrogen) atoms. The highest BCUT2D eigenvalue weighted by Gasteiger charge is 2.56. The Morgan fingerprint density at radius 3 is 2.32 bits per heavy atom. The SMILES string of the molecule is COc1ccc(N2C(=O)C3Sc4c(sc(=O)n4CC(=O)Nc4ccccc4C(F)(F)F)C(c4ccc(Br)cc4)C3C2=O)cc1. The molecule has 226 valence electrons. The molecule has 0 aliphatic carbocycles. The second-order valence-electron chi connectivity index (χ2n) is 10.0. The van der Waals surface area contributed by atoms with Gasteiger partial charge in [-0.05, 0) is 54.1 Å². The van der Waals surface area contributed by atoms with Crippen LogP contribution in [-0.2, 0) is 27.1 Å². The highest BCUT2D eigenvalue weighted by molar-refractivity contribution is 9.10. The average molecular weight is 705 g/mol. The van der Waals surface area contributed by atoms with E-state index in [2.05, 4.69) is 21.2 Å². The number of hydrogen-bond donors (Lipinski definition) is 1. The maximum absolute atomic E-state index is 14.0. The van der Waals surface area contributed by atoms with Gasteiger partial charge in [-0.15, -0.1) is 0 Å². The van der Waals surface area contributed by atoms with Crippen molar-refractivity contribution in [1.29, 1.82) is 0 Å². The quantitative estimate of drug-likeness (QED) is 0.243. The molecule has 1 aromatic heterocycles. The van der Waals surface area contributed by atoms with Crippen LogP contribution in [0, 0.1) is 5.92 Å².